The van der Waals surface area contributed by atoms with Crippen LogP contribution in [0.1, 0.15) is 97.5 Å². The lowest BCUT2D eigenvalue weighted by atomic mass is 10.1. The van der Waals surface area contributed by atoms with Gasteiger partial charge in [-0.25, -0.2) is 0 Å². The predicted octanol–water partition coefficient (Wildman–Crippen LogP) is 6.26. The Hall–Kier alpha value is -1.78. The fourth-order valence-electron chi connectivity index (χ4n) is 5.32. The highest BCUT2D eigenvalue weighted by atomic mass is 32.1. The van der Waals surface area contributed by atoms with Crippen LogP contribution in [0, 0.1) is 0 Å². The van der Waals surface area contributed by atoms with Crippen molar-refractivity contribution in [2.24, 2.45) is 0 Å². The molecule has 2 saturated heterocycles. The van der Waals surface area contributed by atoms with E-state index in [1.807, 2.05) is 45.0 Å². The van der Waals surface area contributed by atoms with Crippen molar-refractivity contribution >= 4 is 29.0 Å². The largest absolute Gasteiger partial charge is 0.469 e. The average molecular weight is 579 g/mol. The summed E-state index contributed by atoms with van der Waals surface area (Å²) in [7, 11) is 1.39. The van der Waals surface area contributed by atoms with E-state index in [-0.39, 0.29) is 36.7 Å². The van der Waals surface area contributed by atoms with Crippen LogP contribution in [0.15, 0.2) is 24.3 Å². The fraction of sp³-hybridized carbons (Fsp3) is 0.742. The van der Waals surface area contributed by atoms with Gasteiger partial charge in [0.05, 0.1) is 19.6 Å². The standard InChI is InChI=1S/C31H50N2O6S/c1-6-7-8-9-10-11-12-13-14-15-20-36-29-28-27(38-31(3,4)39-28)26(37-29)22(2)32-30(40)33-24-18-16-23(17-19-24)21-25(34)35-5/h16-19,22,26-29H,6-15,20-21H2,1-5H3,(H2,32,33,40)/t22-,26+,27-,28-,29-/m0/s1. The van der Waals surface area contributed by atoms with E-state index in [4.69, 9.17) is 35.9 Å². The maximum Gasteiger partial charge on any atom is 0.309 e. The highest BCUT2D eigenvalue weighted by molar-refractivity contribution is 7.80. The van der Waals surface area contributed by atoms with Crippen LogP contribution in [0.5, 0.6) is 0 Å². The second kappa shape index (κ2) is 16.6. The Morgan fingerprint density at radius 2 is 1.57 bits per heavy atom. The molecule has 5 atom stereocenters. The zero-order chi connectivity index (χ0) is 29.0. The van der Waals surface area contributed by atoms with Crippen molar-refractivity contribution in [1.29, 1.82) is 0 Å². The molecule has 0 saturated carbocycles. The first-order valence-electron chi connectivity index (χ1n) is 15.1. The summed E-state index contributed by atoms with van der Waals surface area (Å²) >= 11 is 5.56. The minimum atomic E-state index is -0.694. The molecule has 2 heterocycles. The summed E-state index contributed by atoms with van der Waals surface area (Å²) in [5.41, 5.74) is 1.70. The van der Waals surface area contributed by atoms with Gasteiger partial charge in [0.25, 0.3) is 0 Å². The number of nitrogens with one attached hydrogen (secondary N) is 2. The van der Waals surface area contributed by atoms with Crippen LogP contribution in [0.3, 0.4) is 0 Å². The van der Waals surface area contributed by atoms with Gasteiger partial charge in [-0.15, -0.1) is 0 Å². The number of ether oxygens (including phenoxy) is 5. The van der Waals surface area contributed by atoms with Gasteiger partial charge >= 0.3 is 5.97 Å². The third-order valence-corrected chi connectivity index (χ3v) is 7.69. The highest BCUT2D eigenvalue weighted by Gasteiger charge is 2.57. The molecule has 1 aromatic carbocycles. The first-order chi connectivity index (χ1) is 19.2. The summed E-state index contributed by atoms with van der Waals surface area (Å²) in [6.45, 7) is 8.78. The van der Waals surface area contributed by atoms with E-state index < -0.39 is 12.1 Å². The summed E-state index contributed by atoms with van der Waals surface area (Å²) < 4.78 is 29.6. The Balaban J connectivity index is 1.41. The average Bonchev–Trinajstić information content (AvgIpc) is 3.41. The Labute approximate surface area is 246 Å². The molecule has 2 fully saturated rings. The van der Waals surface area contributed by atoms with Crippen molar-refractivity contribution in [3.8, 4) is 0 Å². The maximum absolute atomic E-state index is 11.5. The maximum atomic E-state index is 11.5. The van der Waals surface area contributed by atoms with E-state index in [0.717, 1.165) is 17.7 Å². The number of anilines is 1. The number of thiocarbonyl (C=S) groups is 1. The van der Waals surface area contributed by atoms with Gasteiger partial charge in [-0.05, 0) is 57.1 Å². The third-order valence-electron chi connectivity index (χ3n) is 7.47. The quantitative estimate of drug-likeness (QED) is 0.126. The zero-order valence-electron chi connectivity index (χ0n) is 25.0. The molecule has 3 rings (SSSR count). The molecular weight excluding hydrogens is 528 g/mol. The van der Waals surface area contributed by atoms with Gasteiger partial charge in [-0.2, -0.15) is 0 Å². The Bertz CT molecular complexity index is 912. The molecule has 0 aromatic heterocycles. The number of rotatable bonds is 17. The van der Waals surface area contributed by atoms with Gasteiger partial charge in [0.2, 0.25) is 0 Å². The highest BCUT2D eigenvalue weighted by Crippen LogP contribution is 2.40. The number of carbonyl (C=O) groups excluding carboxylic acids is 1. The second-order valence-electron chi connectivity index (χ2n) is 11.4. The first kappa shape index (κ1) is 32.7. The molecule has 8 nitrogen and oxygen atoms in total. The molecule has 9 heteroatoms. The molecule has 0 aliphatic carbocycles. The van der Waals surface area contributed by atoms with Crippen LogP contribution >= 0.6 is 12.2 Å². The molecule has 0 amide bonds. The van der Waals surface area contributed by atoms with Gasteiger partial charge < -0.3 is 34.3 Å². The monoisotopic (exact) mass is 578 g/mol. The molecule has 2 aliphatic rings. The topological polar surface area (TPSA) is 87.3 Å². The fourth-order valence-corrected chi connectivity index (χ4v) is 5.62. The number of hydrogen-bond acceptors (Lipinski definition) is 7. The minimum Gasteiger partial charge on any atom is -0.469 e. The van der Waals surface area contributed by atoms with E-state index in [0.29, 0.717) is 11.7 Å². The smallest absolute Gasteiger partial charge is 0.309 e. The van der Waals surface area contributed by atoms with Gasteiger partial charge in [-0.1, -0.05) is 76.8 Å². The minimum absolute atomic E-state index is 0.144. The van der Waals surface area contributed by atoms with Gasteiger partial charge in [0.1, 0.15) is 18.3 Å². The molecule has 0 unspecified atom stereocenters. The molecule has 0 bridgehead atoms. The zero-order valence-corrected chi connectivity index (χ0v) is 25.9. The van der Waals surface area contributed by atoms with Crippen LogP contribution in [0.2, 0.25) is 0 Å². The van der Waals surface area contributed by atoms with E-state index in [1.165, 1.54) is 64.9 Å². The lowest BCUT2D eigenvalue weighted by Gasteiger charge is -2.28. The Morgan fingerprint density at radius 3 is 2.20 bits per heavy atom. The van der Waals surface area contributed by atoms with Crippen LogP contribution in [-0.4, -0.2) is 61.2 Å². The number of esters is 1. The number of unbranched alkanes of at least 4 members (excludes halogenated alkanes) is 9. The second-order valence-corrected chi connectivity index (χ2v) is 11.8. The van der Waals surface area contributed by atoms with E-state index >= 15 is 0 Å². The number of methoxy groups -OCH3 is 1. The Morgan fingerprint density at radius 1 is 0.975 bits per heavy atom. The van der Waals surface area contributed by atoms with E-state index in [9.17, 15) is 4.79 Å². The molecular formula is C31H50N2O6S. The predicted molar refractivity (Wildman–Crippen MR) is 161 cm³/mol. The van der Waals surface area contributed by atoms with Crippen molar-refractivity contribution in [2.75, 3.05) is 19.0 Å². The third kappa shape index (κ3) is 10.6. The Kier molecular flexibility index (Phi) is 13.6. The van der Waals surface area contributed by atoms with Crippen LogP contribution in [0.4, 0.5) is 5.69 Å². The molecule has 0 spiro atoms. The van der Waals surface area contributed by atoms with Gasteiger partial charge in [-0.3, -0.25) is 4.79 Å². The lowest BCUT2D eigenvalue weighted by Crippen LogP contribution is -2.48. The molecule has 226 valence electrons. The van der Waals surface area contributed by atoms with Crippen molar-refractivity contribution in [3.05, 3.63) is 29.8 Å². The molecule has 40 heavy (non-hydrogen) atoms. The first-order valence-corrected chi connectivity index (χ1v) is 15.5. The number of hydrogen-bond donors (Lipinski definition) is 2. The molecule has 2 N–H and O–H groups in total. The SMILES string of the molecule is CCCCCCCCCCCCO[C@H]1O[C@H]([C@H](C)NC(=S)Nc2ccc(CC(=O)OC)cc2)[C@@H]2OC(C)(C)O[C@H]12. The van der Waals surface area contributed by atoms with E-state index in [1.54, 1.807) is 0 Å². The van der Waals surface area contributed by atoms with Crippen LogP contribution < -0.4 is 10.6 Å². The molecule has 0 radical (unpaired) electrons. The van der Waals surface area contributed by atoms with Crippen molar-refractivity contribution in [1.82, 2.24) is 5.32 Å². The van der Waals surface area contributed by atoms with Crippen molar-refractivity contribution in [3.63, 3.8) is 0 Å². The summed E-state index contributed by atoms with van der Waals surface area (Å²) in [5.74, 6) is -0.964. The van der Waals surface area contributed by atoms with E-state index in [2.05, 4.69) is 17.6 Å². The number of carbonyl (C=O) groups is 1. The molecule has 1 aromatic rings. The number of benzene rings is 1. The summed E-state index contributed by atoms with van der Waals surface area (Å²) in [6, 6.07) is 7.37. The molecule has 2 aliphatic heterocycles. The van der Waals surface area contributed by atoms with Crippen molar-refractivity contribution < 1.29 is 28.5 Å². The van der Waals surface area contributed by atoms with Gasteiger partial charge in [0, 0.05) is 12.3 Å². The summed E-state index contributed by atoms with van der Waals surface area (Å²) in [6.07, 6.45) is 11.8. The lowest BCUT2D eigenvalue weighted by molar-refractivity contribution is -0.235. The van der Waals surface area contributed by atoms with Gasteiger partial charge in [0.15, 0.2) is 17.2 Å². The number of fused-ring (bicyclic) bond motifs is 1. The van der Waals surface area contributed by atoms with Crippen molar-refractivity contribution in [2.45, 2.75) is 135 Å². The van der Waals surface area contributed by atoms with Crippen LogP contribution in [0.25, 0.3) is 0 Å². The normalized spacial score (nSPS) is 23.9. The van der Waals surface area contributed by atoms with Crippen LogP contribution in [-0.2, 0) is 34.9 Å². The summed E-state index contributed by atoms with van der Waals surface area (Å²) in [5, 5.41) is 7.00. The summed E-state index contributed by atoms with van der Waals surface area (Å²) in [4.78, 5) is 11.5.